The lowest BCUT2D eigenvalue weighted by Crippen LogP contribution is -2.10. The van der Waals surface area contributed by atoms with Gasteiger partial charge in [-0.05, 0) is 24.6 Å². The van der Waals surface area contributed by atoms with Crippen molar-refractivity contribution in [2.24, 2.45) is 0 Å². The van der Waals surface area contributed by atoms with E-state index in [0.717, 1.165) is 6.26 Å². The van der Waals surface area contributed by atoms with Crippen molar-refractivity contribution in [1.29, 1.82) is 0 Å². The summed E-state index contributed by atoms with van der Waals surface area (Å²) in [4.78, 5) is 0. The van der Waals surface area contributed by atoms with Gasteiger partial charge in [0.2, 0.25) is 10.0 Å². The Balaban J connectivity index is 3.11. The number of phenolic OH excluding ortho intramolecular Hbond substituents is 1. The molecule has 0 amide bonds. The van der Waals surface area contributed by atoms with Crippen molar-refractivity contribution in [2.45, 2.75) is 13.0 Å². The second-order valence-electron chi connectivity index (χ2n) is 3.33. The predicted octanol–water partition coefficient (Wildman–Crippen LogP) is 0.817. The topological polar surface area (TPSA) is 86.6 Å². The van der Waals surface area contributed by atoms with Crippen molar-refractivity contribution in [3.8, 4) is 5.75 Å². The van der Waals surface area contributed by atoms with Crippen LogP contribution in [0.25, 0.3) is 0 Å². The monoisotopic (exact) mass is 231 g/mol. The van der Waals surface area contributed by atoms with E-state index in [1.165, 1.54) is 18.2 Å². The highest BCUT2D eigenvalue weighted by Gasteiger charge is 2.09. The maximum atomic E-state index is 10.9. The standard InChI is InChI=1S/C9H13NO4S/c1-6(11)7-3-4-9(12)8(5-7)10-15(2,13)14/h3-6,10-12H,1-2H3. The molecule has 0 aliphatic carbocycles. The Morgan fingerprint density at radius 3 is 2.47 bits per heavy atom. The van der Waals surface area contributed by atoms with E-state index in [2.05, 4.69) is 4.72 Å². The average Bonchev–Trinajstić information content (AvgIpc) is 2.06. The molecule has 0 aliphatic rings. The molecule has 0 saturated heterocycles. The van der Waals surface area contributed by atoms with Gasteiger partial charge in [-0.3, -0.25) is 4.72 Å². The highest BCUT2D eigenvalue weighted by atomic mass is 32.2. The van der Waals surface area contributed by atoms with Gasteiger partial charge in [-0.2, -0.15) is 0 Å². The lowest BCUT2D eigenvalue weighted by Gasteiger charge is -2.10. The summed E-state index contributed by atoms with van der Waals surface area (Å²) in [6.07, 6.45) is 0.271. The molecule has 0 aliphatic heterocycles. The number of rotatable bonds is 3. The molecule has 0 spiro atoms. The Morgan fingerprint density at radius 2 is 2.00 bits per heavy atom. The summed E-state index contributed by atoms with van der Waals surface area (Å²) in [5.74, 6) is -0.176. The molecule has 1 unspecified atom stereocenters. The molecule has 6 heteroatoms. The largest absolute Gasteiger partial charge is 0.506 e. The molecule has 0 radical (unpaired) electrons. The number of benzene rings is 1. The SMILES string of the molecule is CC(O)c1ccc(O)c(NS(C)(=O)=O)c1. The zero-order valence-corrected chi connectivity index (χ0v) is 9.25. The van der Waals surface area contributed by atoms with Gasteiger partial charge in [0.05, 0.1) is 18.0 Å². The molecule has 1 aromatic carbocycles. The molecular weight excluding hydrogens is 218 g/mol. The fraction of sp³-hybridized carbons (Fsp3) is 0.333. The summed E-state index contributed by atoms with van der Waals surface area (Å²) < 4.78 is 24.1. The molecule has 1 atom stereocenters. The fourth-order valence-corrected chi connectivity index (χ4v) is 1.66. The van der Waals surface area contributed by atoms with E-state index in [1.807, 2.05) is 0 Å². The first kappa shape index (κ1) is 11.8. The highest BCUT2D eigenvalue weighted by Crippen LogP contribution is 2.27. The van der Waals surface area contributed by atoms with Crippen LogP contribution < -0.4 is 4.72 Å². The molecule has 15 heavy (non-hydrogen) atoms. The van der Waals surface area contributed by atoms with Gasteiger partial charge in [-0.1, -0.05) is 6.07 Å². The number of aliphatic hydroxyl groups is 1. The number of hydrogen-bond donors (Lipinski definition) is 3. The first-order chi connectivity index (χ1) is 6.79. The van der Waals surface area contributed by atoms with Crippen LogP contribution in [0, 0.1) is 0 Å². The van der Waals surface area contributed by atoms with Crippen LogP contribution in [-0.2, 0) is 10.0 Å². The van der Waals surface area contributed by atoms with E-state index >= 15 is 0 Å². The van der Waals surface area contributed by atoms with E-state index in [0.29, 0.717) is 5.56 Å². The Kier molecular flexibility index (Phi) is 3.21. The van der Waals surface area contributed by atoms with Crippen molar-refractivity contribution >= 4 is 15.7 Å². The third-order valence-electron chi connectivity index (χ3n) is 1.80. The van der Waals surface area contributed by atoms with Gasteiger partial charge in [-0.15, -0.1) is 0 Å². The summed E-state index contributed by atoms with van der Waals surface area (Å²) in [6, 6.07) is 4.24. The zero-order valence-electron chi connectivity index (χ0n) is 8.43. The molecule has 0 bridgehead atoms. The fourth-order valence-electron chi connectivity index (χ4n) is 1.10. The number of anilines is 1. The number of hydrogen-bond acceptors (Lipinski definition) is 4. The Bertz CT molecular complexity index is 453. The van der Waals surface area contributed by atoms with Crippen LogP contribution in [0.1, 0.15) is 18.6 Å². The lowest BCUT2D eigenvalue weighted by molar-refractivity contribution is 0.199. The Hall–Kier alpha value is -1.27. The molecular formula is C9H13NO4S. The summed E-state index contributed by atoms with van der Waals surface area (Å²) >= 11 is 0. The second-order valence-corrected chi connectivity index (χ2v) is 5.08. The molecule has 1 rings (SSSR count). The molecule has 84 valence electrons. The number of aromatic hydroxyl groups is 1. The minimum atomic E-state index is -3.43. The normalized spacial score (nSPS) is 13.5. The van der Waals surface area contributed by atoms with Crippen LogP contribution in [0.3, 0.4) is 0 Å². The van der Waals surface area contributed by atoms with E-state index in [4.69, 9.17) is 0 Å². The van der Waals surface area contributed by atoms with Crippen molar-refractivity contribution in [1.82, 2.24) is 0 Å². The molecule has 0 saturated carbocycles. The third kappa shape index (κ3) is 3.41. The van der Waals surface area contributed by atoms with Crippen LogP contribution in [0.2, 0.25) is 0 Å². The van der Waals surface area contributed by atoms with Crippen LogP contribution in [0.5, 0.6) is 5.75 Å². The van der Waals surface area contributed by atoms with Crippen molar-refractivity contribution < 1.29 is 18.6 Å². The second kappa shape index (κ2) is 4.08. The molecule has 5 nitrogen and oxygen atoms in total. The molecule has 0 heterocycles. The first-order valence-corrected chi connectivity index (χ1v) is 6.17. The summed E-state index contributed by atoms with van der Waals surface area (Å²) in [6.45, 7) is 1.55. The summed E-state index contributed by atoms with van der Waals surface area (Å²) in [7, 11) is -3.43. The van der Waals surface area contributed by atoms with Crippen LogP contribution in [-0.4, -0.2) is 24.9 Å². The maximum absolute atomic E-state index is 10.9. The quantitative estimate of drug-likeness (QED) is 0.672. The number of phenols is 1. The van der Waals surface area contributed by atoms with Crippen LogP contribution in [0.4, 0.5) is 5.69 Å². The minimum Gasteiger partial charge on any atom is -0.506 e. The van der Waals surface area contributed by atoms with Gasteiger partial charge in [0.25, 0.3) is 0 Å². The average molecular weight is 231 g/mol. The third-order valence-corrected chi connectivity index (χ3v) is 2.39. The van der Waals surface area contributed by atoms with Gasteiger partial charge < -0.3 is 10.2 Å². The first-order valence-electron chi connectivity index (χ1n) is 4.28. The smallest absolute Gasteiger partial charge is 0.229 e. The van der Waals surface area contributed by atoms with Gasteiger partial charge in [0.1, 0.15) is 5.75 Å². The summed E-state index contributed by atoms with van der Waals surface area (Å²) in [5.41, 5.74) is 0.592. The zero-order chi connectivity index (χ0) is 11.6. The maximum Gasteiger partial charge on any atom is 0.229 e. The number of aliphatic hydroxyl groups excluding tert-OH is 1. The van der Waals surface area contributed by atoms with Crippen LogP contribution in [0.15, 0.2) is 18.2 Å². The number of sulfonamides is 1. The molecule has 1 aromatic rings. The van der Waals surface area contributed by atoms with E-state index in [-0.39, 0.29) is 11.4 Å². The van der Waals surface area contributed by atoms with E-state index < -0.39 is 16.1 Å². The Labute approximate surface area is 88.4 Å². The van der Waals surface area contributed by atoms with Crippen molar-refractivity contribution in [3.63, 3.8) is 0 Å². The molecule has 3 N–H and O–H groups in total. The van der Waals surface area contributed by atoms with E-state index in [1.54, 1.807) is 6.92 Å². The van der Waals surface area contributed by atoms with Crippen molar-refractivity contribution in [2.75, 3.05) is 11.0 Å². The van der Waals surface area contributed by atoms with Gasteiger partial charge in [0, 0.05) is 0 Å². The van der Waals surface area contributed by atoms with Gasteiger partial charge in [0.15, 0.2) is 0 Å². The predicted molar refractivity (Wildman–Crippen MR) is 57.2 cm³/mol. The summed E-state index contributed by atoms with van der Waals surface area (Å²) in [5, 5.41) is 18.7. The highest BCUT2D eigenvalue weighted by molar-refractivity contribution is 7.92. The van der Waals surface area contributed by atoms with E-state index in [9.17, 15) is 18.6 Å². The van der Waals surface area contributed by atoms with Gasteiger partial charge in [-0.25, -0.2) is 8.42 Å². The lowest BCUT2D eigenvalue weighted by atomic mass is 10.1. The molecule has 0 fully saturated rings. The molecule has 0 aromatic heterocycles. The minimum absolute atomic E-state index is 0.0656. The number of nitrogens with one attached hydrogen (secondary N) is 1. The van der Waals surface area contributed by atoms with Crippen molar-refractivity contribution in [3.05, 3.63) is 23.8 Å². The Morgan fingerprint density at radius 1 is 1.40 bits per heavy atom. The van der Waals surface area contributed by atoms with Crippen LogP contribution >= 0.6 is 0 Å². The van der Waals surface area contributed by atoms with Gasteiger partial charge >= 0.3 is 0 Å².